The normalized spacial score (nSPS) is 20.0. The van der Waals surface area contributed by atoms with Crippen LogP contribution in [0.5, 0.6) is 0 Å². The summed E-state index contributed by atoms with van der Waals surface area (Å²) in [5, 5.41) is 6.18. The van der Waals surface area contributed by atoms with Crippen molar-refractivity contribution in [2.24, 2.45) is 0 Å². The van der Waals surface area contributed by atoms with E-state index < -0.39 is 0 Å². The number of carbonyl (C=O) groups excluding carboxylic acids is 1. The van der Waals surface area contributed by atoms with Crippen LogP contribution < -0.4 is 5.32 Å². The number of Topliss-reactive ketones (excluding diaryl/α,β-unsaturated/α-hetero) is 1. The van der Waals surface area contributed by atoms with E-state index in [0.717, 1.165) is 5.56 Å². The molecule has 2 atom stereocenters. The van der Waals surface area contributed by atoms with Gasteiger partial charge in [0.05, 0.1) is 17.1 Å². The van der Waals surface area contributed by atoms with Crippen LogP contribution >= 0.6 is 11.6 Å². The number of halogens is 1. The Morgan fingerprint density at radius 1 is 0.909 bits per heavy atom. The topological polar surface area (TPSA) is 39.0 Å². The van der Waals surface area contributed by atoms with Gasteiger partial charge in [-0.15, -0.1) is 0 Å². The van der Waals surface area contributed by atoms with Gasteiger partial charge in [-0.2, -0.15) is 0 Å². The molecule has 0 aliphatic carbocycles. The fourth-order valence-electron chi connectivity index (χ4n) is 2.88. The summed E-state index contributed by atoms with van der Waals surface area (Å²) in [5.41, 5.74) is 1.73. The fraction of sp³-hybridized carbons (Fsp3) is 0.105. The molecule has 0 spiro atoms. The average Bonchev–Trinajstić information content (AvgIpc) is 3.35. The molecular weight excluding hydrogens is 294 g/mol. The molecule has 22 heavy (non-hydrogen) atoms. The van der Waals surface area contributed by atoms with Crippen molar-refractivity contribution >= 4 is 28.2 Å². The monoisotopic (exact) mass is 307 g/mol. The van der Waals surface area contributed by atoms with Crippen LogP contribution in [0.2, 0.25) is 5.02 Å². The van der Waals surface area contributed by atoms with E-state index in [4.69, 9.17) is 11.6 Å². The van der Waals surface area contributed by atoms with Crippen LogP contribution in [0.25, 0.3) is 10.8 Å². The summed E-state index contributed by atoms with van der Waals surface area (Å²) in [6.45, 7) is 0. The van der Waals surface area contributed by atoms with E-state index in [1.165, 1.54) is 10.8 Å². The number of hydrogen-bond acceptors (Lipinski definition) is 2. The molecule has 1 saturated heterocycles. The van der Waals surface area contributed by atoms with Crippen LogP contribution in [0, 0.1) is 0 Å². The maximum absolute atomic E-state index is 12.5. The number of nitrogens with one attached hydrogen (secondary N) is 1. The molecular formula is C19H14ClNO. The molecule has 3 aromatic rings. The lowest BCUT2D eigenvalue weighted by Crippen LogP contribution is -2.10. The van der Waals surface area contributed by atoms with Crippen LogP contribution in [0.4, 0.5) is 0 Å². The first-order valence-corrected chi connectivity index (χ1v) is 7.65. The summed E-state index contributed by atoms with van der Waals surface area (Å²) >= 11 is 6.11. The van der Waals surface area contributed by atoms with Gasteiger partial charge in [0.25, 0.3) is 0 Å². The lowest BCUT2D eigenvalue weighted by Gasteiger charge is -2.03. The molecule has 2 unspecified atom stereocenters. The Kier molecular flexibility index (Phi) is 3.21. The van der Waals surface area contributed by atoms with Gasteiger partial charge in [-0.25, -0.2) is 0 Å². The Hall–Kier alpha value is -2.16. The molecule has 2 nitrogen and oxygen atoms in total. The van der Waals surface area contributed by atoms with E-state index in [2.05, 4.69) is 35.6 Å². The summed E-state index contributed by atoms with van der Waals surface area (Å²) in [4.78, 5) is 12.5. The molecule has 0 saturated carbocycles. The first kappa shape index (κ1) is 13.5. The molecule has 1 fully saturated rings. The van der Waals surface area contributed by atoms with E-state index in [9.17, 15) is 4.79 Å². The lowest BCUT2D eigenvalue weighted by molar-refractivity contribution is 0.0988. The molecule has 0 bridgehead atoms. The molecule has 0 aromatic heterocycles. The van der Waals surface area contributed by atoms with E-state index >= 15 is 0 Å². The Labute approximate surface area is 133 Å². The number of hydrogen-bond donors (Lipinski definition) is 1. The van der Waals surface area contributed by atoms with Crippen LogP contribution in [0.3, 0.4) is 0 Å². The summed E-state index contributed by atoms with van der Waals surface area (Å²) in [7, 11) is 0. The third kappa shape index (κ3) is 2.31. The lowest BCUT2D eigenvalue weighted by atomic mass is 10.0. The number of carbonyl (C=O) groups is 1. The van der Waals surface area contributed by atoms with Gasteiger partial charge in [0.2, 0.25) is 0 Å². The van der Waals surface area contributed by atoms with Crippen molar-refractivity contribution in [3.05, 3.63) is 82.9 Å². The quantitative estimate of drug-likeness (QED) is 0.576. The summed E-state index contributed by atoms with van der Waals surface area (Å²) in [6, 6.07) is 21.7. The molecule has 0 radical (unpaired) electrons. The van der Waals surface area contributed by atoms with Gasteiger partial charge in [-0.1, -0.05) is 60.1 Å². The second-order valence-corrected chi connectivity index (χ2v) is 5.98. The minimum atomic E-state index is -0.180. The number of ketones is 1. The first-order valence-electron chi connectivity index (χ1n) is 7.27. The molecule has 4 rings (SSSR count). The zero-order chi connectivity index (χ0) is 15.1. The largest absolute Gasteiger partial charge is 0.297 e. The summed E-state index contributed by atoms with van der Waals surface area (Å²) in [5.74, 6) is 0.0590. The van der Waals surface area contributed by atoms with E-state index in [0.29, 0.717) is 10.6 Å². The highest BCUT2D eigenvalue weighted by Gasteiger charge is 2.43. The minimum absolute atomic E-state index is 0.0590. The molecule has 0 amide bonds. The zero-order valence-electron chi connectivity index (χ0n) is 11.8. The van der Waals surface area contributed by atoms with Crippen molar-refractivity contribution in [3.63, 3.8) is 0 Å². The maximum Gasteiger partial charge on any atom is 0.183 e. The average molecular weight is 308 g/mol. The van der Waals surface area contributed by atoms with E-state index in [-0.39, 0.29) is 17.9 Å². The Morgan fingerprint density at radius 3 is 2.45 bits per heavy atom. The third-order valence-electron chi connectivity index (χ3n) is 4.14. The standard InChI is InChI=1S/C19H14ClNO/c20-16-8-4-3-7-15(16)19(22)18-17(21-18)14-10-9-12-5-1-2-6-13(12)11-14/h1-11,17-18,21H. The second-order valence-electron chi connectivity index (χ2n) is 5.57. The van der Waals surface area contributed by atoms with Gasteiger partial charge in [-0.3, -0.25) is 10.1 Å². The van der Waals surface area contributed by atoms with Crippen LogP contribution in [-0.4, -0.2) is 11.8 Å². The highest BCUT2D eigenvalue weighted by molar-refractivity contribution is 6.34. The Bertz CT molecular complexity index is 874. The predicted octanol–water partition coefficient (Wildman–Crippen LogP) is 4.39. The van der Waals surface area contributed by atoms with Gasteiger partial charge in [0, 0.05) is 5.56 Å². The van der Waals surface area contributed by atoms with Crippen molar-refractivity contribution in [3.8, 4) is 0 Å². The van der Waals surface area contributed by atoms with E-state index in [1.54, 1.807) is 12.1 Å². The molecule has 1 N–H and O–H groups in total. The van der Waals surface area contributed by atoms with Crippen molar-refractivity contribution in [2.75, 3.05) is 0 Å². The van der Waals surface area contributed by atoms with Gasteiger partial charge < -0.3 is 0 Å². The van der Waals surface area contributed by atoms with E-state index in [1.807, 2.05) is 24.3 Å². The van der Waals surface area contributed by atoms with Crippen molar-refractivity contribution < 1.29 is 4.79 Å². The minimum Gasteiger partial charge on any atom is -0.297 e. The molecule has 3 heteroatoms. The number of rotatable bonds is 3. The molecule has 108 valence electrons. The Morgan fingerprint density at radius 2 is 1.64 bits per heavy atom. The smallest absolute Gasteiger partial charge is 0.183 e. The molecule has 1 heterocycles. The summed E-state index contributed by atoms with van der Waals surface area (Å²) < 4.78 is 0. The maximum atomic E-state index is 12.5. The number of benzene rings is 3. The van der Waals surface area contributed by atoms with Gasteiger partial charge in [0.1, 0.15) is 0 Å². The predicted molar refractivity (Wildman–Crippen MR) is 89.4 cm³/mol. The van der Waals surface area contributed by atoms with Crippen molar-refractivity contribution in [1.29, 1.82) is 0 Å². The SMILES string of the molecule is O=C(c1ccccc1Cl)C1NC1c1ccc2ccccc2c1. The highest BCUT2D eigenvalue weighted by Crippen LogP contribution is 2.34. The summed E-state index contributed by atoms with van der Waals surface area (Å²) in [6.07, 6.45) is 0. The molecule has 3 aromatic carbocycles. The Balaban J connectivity index is 1.60. The van der Waals surface area contributed by atoms with Crippen LogP contribution in [0.15, 0.2) is 66.7 Å². The van der Waals surface area contributed by atoms with Crippen LogP contribution in [0.1, 0.15) is 22.0 Å². The number of fused-ring (bicyclic) bond motifs is 1. The third-order valence-corrected chi connectivity index (χ3v) is 4.47. The van der Waals surface area contributed by atoms with Crippen LogP contribution in [-0.2, 0) is 0 Å². The van der Waals surface area contributed by atoms with Crippen molar-refractivity contribution in [1.82, 2.24) is 5.32 Å². The molecule has 1 aliphatic heterocycles. The fourth-order valence-corrected chi connectivity index (χ4v) is 3.11. The zero-order valence-corrected chi connectivity index (χ0v) is 12.5. The molecule has 1 aliphatic rings. The van der Waals surface area contributed by atoms with Gasteiger partial charge >= 0.3 is 0 Å². The first-order chi connectivity index (χ1) is 10.7. The van der Waals surface area contributed by atoms with Gasteiger partial charge in [0.15, 0.2) is 5.78 Å². The second kappa shape index (κ2) is 5.24. The highest BCUT2D eigenvalue weighted by atomic mass is 35.5. The van der Waals surface area contributed by atoms with Gasteiger partial charge in [-0.05, 0) is 34.5 Å². The van der Waals surface area contributed by atoms with Crippen molar-refractivity contribution in [2.45, 2.75) is 12.1 Å².